The Morgan fingerprint density at radius 3 is 2.56 bits per heavy atom. The molecule has 1 aromatic heterocycles. The number of aromatic nitrogens is 1. The number of rotatable bonds is 5. The zero-order chi connectivity index (χ0) is 17.5. The molecule has 0 spiro atoms. The number of carbonyl (C=O) groups is 1. The third-order valence-electron chi connectivity index (χ3n) is 4.39. The van der Waals surface area contributed by atoms with Gasteiger partial charge in [0.05, 0.1) is 24.2 Å². The van der Waals surface area contributed by atoms with Gasteiger partial charge in [-0.1, -0.05) is 25.0 Å². The maximum atomic E-state index is 12.5. The number of para-hydroxylation sites is 2. The summed E-state index contributed by atoms with van der Waals surface area (Å²) in [6.07, 6.45) is 6.83. The average molecular weight is 339 g/mol. The van der Waals surface area contributed by atoms with Crippen molar-refractivity contribution in [2.24, 2.45) is 0 Å². The minimum atomic E-state index is -0.227. The molecule has 3 rings (SSSR count). The number of hydrogen-bond donors (Lipinski definition) is 1. The minimum Gasteiger partial charge on any atom is -0.492 e. The highest BCUT2D eigenvalue weighted by Crippen LogP contribution is 2.24. The van der Waals surface area contributed by atoms with Gasteiger partial charge in [0, 0.05) is 13.1 Å². The van der Waals surface area contributed by atoms with E-state index in [0.29, 0.717) is 23.7 Å². The van der Waals surface area contributed by atoms with E-state index in [2.05, 4.69) is 15.2 Å². The molecule has 1 aliphatic rings. The maximum Gasteiger partial charge on any atom is 0.274 e. The molecule has 0 unspecified atom stereocenters. The largest absolute Gasteiger partial charge is 0.492 e. The van der Waals surface area contributed by atoms with Gasteiger partial charge in [-0.25, -0.2) is 4.98 Å². The van der Waals surface area contributed by atoms with Crippen LogP contribution in [0.4, 0.5) is 11.4 Å². The number of nitrogens with zero attached hydrogens (tertiary/aromatic N) is 2. The van der Waals surface area contributed by atoms with Crippen LogP contribution in [0, 0.1) is 0 Å². The third kappa shape index (κ3) is 4.50. The quantitative estimate of drug-likeness (QED) is 0.890. The predicted molar refractivity (Wildman–Crippen MR) is 100 cm³/mol. The van der Waals surface area contributed by atoms with E-state index >= 15 is 0 Å². The van der Waals surface area contributed by atoms with Crippen LogP contribution in [0.3, 0.4) is 0 Å². The van der Waals surface area contributed by atoms with E-state index in [1.54, 1.807) is 12.3 Å². The fourth-order valence-electron chi connectivity index (χ4n) is 3.07. The summed E-state index contributed by atoms with van der Waals surface area (Å²) in [5.74, 6) is 0.439. The summed E-state index contributed by atoms with van der Waals surface area (Å²) >= 11 is 0. The molecule has 2 heterocycles. The minimum absolute atomic E-state index is 0.227. The van der Waals surface area contributed by atoms with Crippen LogP contribution in [0.5, 0.6) is 5.75 Å². The summed E-state index contributed by atoms with van der Waals surface area (Å²) in [4.78, 5) is 19.2. The SMILES string of the molecule is CCOc1ccccc1NC(=O)c1ccc(N2CCCCCC2)cn1. The molecular formula is C20H25N3O2. The predicted octanol–water partition coefficient (Wildman–Crippen LogP) is 4.11. The molecule has 0 saturated carbocycles. The maximum absolute atomic E-state index is 12.5. The van der Waals surface area contributed by atoms with Gasteiger partial charge in [0.2, 0.25) is 0 Å². The first-order valence-corrected chi connectivity index (χ1v) is 9.02. The molecule has 1 N–H and O–H groups in total. The lowest BCUT2D eigenvalue weighted by Gasteiger charge is -2.22. The lowest BCUT2D eigenvalue weighted by Crippen LogP contribution is -2.24. The van der Waals surface area contributed by atoms with Crippen LogP contribution in [0.25, 0.3) is 0 Å². The van der Waals surface area contributed by atoms with E-state index in [1.165, 1.54) is 25.7 Å². The highest BCUT2D eigenvalue weighted by atomic mass is 16.5. The second-order valence-electron chi connectivity index (χ2n) is 6.19. The van der Waals surface area contributed by atoms with Crippen LogP contribution >= 0.6 is 0 Å². The molecule has 132 valence electrons. The standard InChI is InChI=1S/C20H25N3O2/c1-2-25-19-10-6-5-9-17(19)22-20(24)18-12-11-16(15-21-18)23-13-7-3-4-8-14-23/h5-6,9-12,15H,2-4,7-8,13-14H2,1H3,(H,22,24). The monoisotopic (exact) mass is 339 g/mol. The van der Waals surface area contributed by atoms with Gasteiger partial charge in [-0.15, -0.1) is 0 Å². The van der Waals surface area contributed by atoms with Gasteiger partial charge >= 0.3 is 0 Å². The molecule has 1 saturated heterocycles. The highest BCUT2D eigenvalue weighted by Gasteiger charge is 2.13. The lowest BCUT2D eigenvalue weighted by molar-refractivity contribution is 0.102. The van der Waals surface area contributed by atoms with E-state index < -0.39 is 0 Å². The smallest absolute Gasteiger partial charge is 0.274 e. The first-order chi connectivity index (χ1) is 12.3. The zero-order valence-electron chi connectivity index (χ0n) is 14.7. The molecule has 0 aliphatic carbocycles. The van der Waals surface area contributed by atoms with Crippen LogP contribution in [-0.4, -0.2) is 30.6 Å². The Hall–Kier alpha value is -2.56. The zero-order valence-corrected chi connectivity index (χ0v) is 14.7. The van der Waals surface area contributed by atoms with E-state index in [0.717, 1.165) is 18.8 Å². The molecule has 2 aromatic rings. The Bertz CT molecular complexity index is 692. The van der Waals surface area contributed by atoms with Gasteiger partial charge < -0.3 is 15.0 Å². The number of ether oxygens (including phenoxy) is 1. The first-order valence-electron chi connectivity index (χ1n) is 9.02. The van der Waals surface area contributed by atoms with Gasteiger partial charge in [0.15, 0.2) is 0 Å². The summed E-state index contributed by atoms with van der Waals surface area (Å²) < 4.78 is 5.54. The van der Waals surface area contributed by atoms with Gasteiger partial charge in [0.25, 0.3) is 5.91 Å². The van der Waals surface area contributed by atoms with Crippen molar-refractivity contribution in [2.45, 2.75) is 32.6 Å². The third-order valence-corrected chi connectivity index (χ3v) is 4.39. The molecular weight excluding hydrogens is 314 g/mol. The van der Waals surface area contributed by atoms with Crippen LogP contribution < -0.4 is 15.0 Å². The van der Waals surface area contributed by atoms with Crippen molar-refractivity contribution in [2.75, 3.05) is 29.9 Å². The summed E-state index contributed by atoms with van der Waals surface area (Å²) in [7, 11) is 0. The molecule has 1 amide bonds. The van der Waals surface area contributed by atoms with E-state index in [9.17, 15) is 4.79 Å². The first kappa shape index (κ1) is 17.3. The molecule has 1 fully saturated rings. The molecule has 0 radical (unpaired) electrons. The Labute approximate surface area is 149 Å². The van der Waals surface area contributed by atoms with Gasteiger partial charge in [-0.05, 0) is 44.0 Å². The Morgan fingerprint density at radius 1 is 1.12 bits per heavy atom. The topological polar surface area (TPSA) is 54.5 Å². The van der Waals surface area contributed by atoms with Crippen molar-refractivity contribution in [3.05, 3.63) is 48.3 Å². The number of anilines is 2. The van der Waals surface area contributed by atoms with Gasteiger partial charge in [-0.3, -0.25) is 4.79 Å². The molecule has 25 heavy (non-hydrogen) atoms. The molecule has 0 bridgehead atoms. The number of benzene rings is 1. The fourth-order valence-corrected chi connectivity index (χ4v) is 3.07. The second kappa shape index (κ2) is 8.51. The number of nitrogens with one attached hydrogen (secondary N) is 1. The molecule has 1 aromatic carbocycles. The molecule has 5 nitrogen and oxygen atoms in total. The van der Waals surface area contributed by atoms with E-state index in [1.807, 2.05) is 37.3 Å². The molecule has 5 heteroatoms. The number of pyridine rings is 1. The van der Waals surface area contributed by atoms with Crippen molar-refractivity contribution in [1.82, 2.24) is 4.98 Å². The van der Waals surface area contributed by atoms with Crippen LogP contribution in [0.1, 0.15) is 43.1 Å². The van der Waals surface area contributed by atoms with Crippen LogP contribution in [0.2, 0.25) is 0 Å². The Kier molecular flexibility index (Phi) is 5.88. The van der Waals surface area contributed by atoms with Crippen LogP contribution in [0.15, 0.2) is 42.6 Å². The number of carbonyl (C=O) groups excluding carboxylic acids is 1. The summed E-state index contributed by atoms with van der Waals surface area (Å²) in [6.45, 7) is 4.60. The van der Waals surface area contributed by atoms with Crippen molar-refractivity contribution < 1.29 is 9.53 Å². The summed E-state index contributed by atoms with van der Waals surface area (Å²) in [5, 5.41) is 2.88. The van der Waals surface area contributed by atoms with Crippen molar-refractivity contribution in [1.29, 1.82) is 0 Å². The van der Waals surface area contributed by atoms with Crippen molar-refractivity contribution >= 4 is 17.3 Å². The van der Waals surface area contributed by atoms with Crippen LogP contribution in [-0.2, 0) is 0 Å². The highest BCUT2D eigenvalue weighted by molar-refractivity contribution is 6.03. The van der Waals surface area contributed by atoms with Gasteiger partial charge in [0.1, 0.15) is 11.4 Å². The molecule has 0 atom stereocenters. The van der Waals surface area contributed by atoms with Gasteiger partial charge in [-0.2, -0.15) is 0 Å². The number of amides is 1. The Morgan fingerprint density at radius 2 is 1.88 bits per heavy atom. The lowest BCUT2D eigenvalue weighted by atomic mass is 10.2. The fraction of sp³-hybridized carbons (Fsp3) is 0.400. The molecule has 1 aliphatic heterocycles. The van der Waals surface area contributed by atoms with E-state index in [4.69, 9.17) is 4.74 Å². The van der Waals surface area contributed by atoms with Crippen molar-refractivity contribution in [3.8, 4) is 5.75 Å². The average Bonchev–Trinajstić information content (AvgIpc) is 2.93. The summed E-state index contributed by atoms with van der Waals surface area (Å²) in [5.41, 5.74) is 2.16. The number of hydrogen-bond acceptors (Lipinski definition) is 4. The normalized spacial score (nSPS) is 14.7. The van der Waals surface area contributed by atoms with E-state index in [-0.39, 0.29) is 5.91 Å². The summed E-state index contributed by atoms with van der Waals surface area (Å²) in [6, 6.07) is 11.2. The Balaban J connectivity index is 1.68. The second-order valence-corrected chi connectivity index (χ2v) is 6.19. The van der Waals surface area contributed by atoms with Crippen molar-refractivity contribution in [3.63, 3.8) is 0 Å².